The van der Waals surface area contributed by atoms with Crippen LogP contribution in [0.15, 0.2) is 41.8 Å². The highest BCUT2D eigenvalue weighted by atomic mass is 32.1. The maximum absolute atomic E-state index is 11.8. The van der Waals surface area contributed by atoms with Gasteiger partial charge >= 0.3 is 0 Å². The number of amides is 2. The summed E-state index contributed by atoms with van der Waals surface area (Å²) in [6.07, 6.45) is 0.359. The zero-order chi connectivity index (χ0) is 15.1. The second-order valence-corrected chi connectivity index (χ2v) is 5.44. The molecule has 1 aromatic carbocycles. The van der Waals surface area contributed by atoms with Crippen LogP contribution in [0.1, 0.15) is 15.2 Å². The third-order valence-corrected chi connectivity index (χ3v) is 3.63. The van der Waals surface area contributed by atoms with Crippen molar-refractivity contribution in [3.63, 3.8) is 0 Å². The van der Waals surface area contributed by atoms with E-state index in [2.05, 4.69) is 10.6 Å². The van der Waals surface area contributed by atoms with Crippen LogP contribution in [-0.4, -0.2) is 30.0 Å². The van der Waals surface area contributed by atoms with Gasteiger partial charge in [-0.05, 0) is 29.6 Å². The Bertz CT molecular complexity index is 611. The molecule has 1 heterocycles. The van der Waals surface area contributed by atoms with Gasteiger partial charge in [-0.1, -0.05) is 12.1 Å². The van der Waals surface area contributed by atoms with Crippen molar-refractivity contribution in [2.24, 2.45) is 0 Å². The van der Waals surface area contributed by atoms with E-state index in [9.17, 15) is 14.7 Å². The van der Waals surface area contributed by atoms with Crippen LogP contribution >= 0.6 is 11.3 Å². The molecule has 0 aliphatic heterocycles. The molecule has 2 aromatic rings. The molecule has 0 saturated carbocycles. The number of nitrogens with one attached hydrogen (secondary N) is 2. The highest BCUT2D eigenvalue weighted by Crippen LogP contribution is 2.10. The molecule has 5 nitrogen and oxygen atoms in total. The number of benzene rings is 1. The molecule has 21 heavy (non-hydrogen) atoms. The van der Waals surface area contributed by atoms with E-state index in [1.54, 1.807) is 12.1 Å². The van der Waals surface area contributed by atoms with Crippen molar-refractivity contribution >= 4 is 23.2 Å². The van der Waals surface area contributed by atoms with Gasteiger partial charge in [0.2, 0.25) is 5.91 Å². The van der Waals surface area contributed by atoms with Crippen molar-refractivity contribution in [2.45, 2.75) is 6.42 Å². The van der Waals surface area contributed by atoms with Crippen LogP contribution in [0.2, 0.25) is 0 Å². The molecule has 1 aromatic heterocycles. The fourth-order valence-corrected chi connectivity index (χ4v) is 2.46. The Morgan fingerprint density at radius 2 is 1.90 bits per heavy atom. The average Bonchev–Trinajstić information content (AvgIpc) is 2.96. The Balaban J connectivity index is 1.67. The van der Waals surface area contributed by atoms with Crippen LogP contribution in [-0.2, 0) is 11.2 Å². The summed E-state index contributed by atoms with van der Waals surface area (Å²) in [5, 5.41) is 16.6. The first-order valence-electron chi connectivity index (χ1n) is 6.51. The average molecular weight is 304 g/mol. The lowest BCUT2D eigenvalue weighted by molar-refractivity contribution is -0.120. The Kier molecular flexibility index (Phi) is 5.34. The van der Waals surface area contributed by atoms with E-state index in [1.807, 2.05) is 17.5 Å². The lowest BCUT2D eigenvalue weighted by atomic mass is 10.2. The fourth-order valence-electron chi connectivity index (χ4n) is 1.76. The van der Waals surface area contributed by atoms with Gasteiger partial charge in [-0.2, -0.15) is 0 Å². The van der Waals surface area contributed by atoms with Gasteiger partial charge in [0.1, 0.15) is 5.75 Å². The van der Waals surface area contributed by atoms with Gasteiger partial charge < -0.3 is 15.7 Å². The van der Waals surface area contributed by atoms with E-state index >= 15 is 0 Å². The maximum atomic E-state index is 11.8. The molecule has 0 bridgehead atoms. The van der Waals surface area contributed by atoms with Gasteiger partial charge in [0, 0.05) is 23.5 Å². The van der Waals surface area contributed by atoms with Gasteiger partial charge in [-0.25, -0.2) is 0 Å². The van der Waals surface area contributed by atoms with Gasteiger partial charge in [0.25, 0.3) is 5.91 Å². The molecule has 0 fully saturated rings. The Hall–Kier alpha value is -2.34. The Labute approximate surface area is 126 Å². The quantitative estimate of drug-likeness (QED) is 0.708. The summed E-state index contributed by atoms with van der Waals surface area (Å²) in [5.74, 6) is -0.297. The second kappa shape index (κ2) is 7.44. The van der Waals surface area contributed by atoms with Crippen LogP contribution in [0.3, 0.4) is 0 Å². The van der Waals surface area contributed by atoms with Crippen LogP contribution in [0, 0.1) is 0 Å². The number of thiophene rings is 1. The minimum absolute atomic E-state index is 0.0481. The maximum Gasteiger partial charge on any atom is 0.251 e. The van der Waals surface area contributed by atoms with Crippen molar-refractivity contribution < 1.29 is 14.7 Å². The van der Waals surface area contributed by atoms with E-state index in [-0.39, 0.29) is 17.6 Å². The predicted molar refractivity (Wildman–Crippen MR) is 81.5 cm³/mol. The second-order valence-electron chi connectivity index (χ2n) is 4.41. The SMILES string of the molecule is O=C(Cc1cccs1)NCCNC(=O)c1cccc(O)c1. The number of phenolic OH excluding ortho intramolecular Hbond substituents is 1. The lowest BCUT2D eigenvalue weighted by Crippen LogP contribution is -2.35. The molecule has 0 aliphatic rings. The number of aromatic hydroxyl groups is 1. The molecule has 0 saturated heterocycles. The Morgan fingerprint density at radius 3 is 2.62 bits per heavy atom. The standard InChI is InChI=1S/C15H16N2O3S/c18-12-4-1-3-11(9-12)15(20)17-7-6-16-14(19)10-13-5-2-8-21-13/h1-5,8-9,18H,6-7,10H2,(H,16,19)(H,17,20). The van der Waals surface area contributed by atoms with Gasteiger partial charge in [0.15, 0.2) is 0 Å². The molecule has 2 amide bonds. The van der Waals surface area contributed by atoms with E-state index < -0.39 is 0 Å². The van der Waals surface area contributed by atoms with E-state index in [0.29, 0.717) is 25.1 Å². The van der Waals surface area contributed by atoms with Gasteiger partial charge in [0.05, 0.1) is 6.42 Å². The van der Waals surface area contributed by atoms with Crippen molar-refractivity contribution in [3.8, 4) is 5.75 Å². The molecule has 0 atom stereocenters. The molecule has 110 valence electrons. The number of rotatable bonds is 6. The number of hydrogen-bond donors (Lipinski definition) is 3. The zero-order valence-electron chi connectivity index (χ0n) is 11.3. The predicted octanol–water partition coefficient (Wildman–Crippen LogP) is 1.54. The van der Waals surface area contributed by atoms with Crippen molar-refractivity contribution in [1.29, 1.82) is 0 Å². The molecule has 0 unspecified atom stereocenters. The van der Waals surface area contributed by atoms with Crippen LogP contribution in [0.5, 0.6) is 5.75 Å². The summed E-state index contributed by atoms with van der Waals surface area (Å²) < 4.78 is 0. The summed E-state index contributed by atoms with van der Waals surface area (Å²) >= 11 is 1.54. The first-order chi connectivity index (χ1) is 10.1. The molecule has 2 rings (SSSR count). The minimum Gasteiger partial charge on any atom is -0.508 e. The smallest absolute Gasteiger partial charge is 0.251 e. The van der Waals surface area contributed by atoms with E-state index in [0.717, 1.165) is 4.88 Å². The largest absolute Gasteiger partial charge is 0.508 e. The van der Waals surface area contributed by atoms with Crippen molar-refractivity contribution in [2.75, 3.05) is 13.1 Å². The van der Waals surface area contributed by atoms with Crippen molar-refractivity contribution in [3.05, 3.63) is 52.2 Å². The summed E-state index contributed by atoms with van der Waals surface area (Å²) in [4.78, 5) is 24.4. The monoisotopic (exact) mass is 304 g/mol. The van der Waals surface area contributed by atoms with Crippen molar-refractivity contribution in [1.82, 2.24) is 10.6 Å². The molecule has 0 aliphatic carbocycles. The lowest BCUT2D eigenvalue weighted by Gasteiger charge is -2.07. The normalized spacial score (nSPS) is 10.1. The van der Waals surface area contributed by atoms with E-state index in [4.69, 9.17) is 0 Å². The Morgan fingerprint density at radius 1 is 1.10 bits per heavy atom. The first-order valence-corrected chi connectivity index (χ1v) is 7.39. The molecule has 6 heteroatoms. The summed E-state index contributed by atoms with van der Waals surface area (Å²) in [7, 11) is 0. The molecule has 0 radical (unpaired) electrons. The molecular formula is C15H16N2O3S. The van der Waals surface area contributed by atoms with Crippen LogP contribution in [0.4, 0.5) is 0 Å². The number of phenols is 1. The number of carbonyl (C=O) groups excluding carboxylic acids is 2. The van der Waals surface area contributed by atoms with Crippen LogP contribution in [0.25, 0.3) is 0 Å². The molecule has 3 N–H and O–H groups in total. The minimum atomic E-state index is -0.279. The third kappa shape index (κ3) is 4.92. The summed E-state index contributed by atoms with van der Waals surface area (Å²) in [6, 6.07) is 9.93. The van der Waals surface area contributed by atoms with Gasteiger partial charge in [-0.15, -0.1) is 11.3 Å². The summed E-state index contributed by atoms with van der Waals surface area (Å²) in [5.41, 5.74) is 0.389. The molecular weight excluding hydrogens is 288 g/mol. The highest BCUT2D eigenvalue weighted by Gasteiger charge is 2.06. The van der Waals surface area contributed by atoms with Crippen LogP contribution < -0.4 is 10.6 Å². The topological polar surface area (TPSA) is 78.4 Å². The summed E-state index contributed by atoms with van der Waals surface area (Å²) in [6.45, 7) is 0.708. The van der Waals surface area contributed by atoms with Gasteiger partial charge in [-0.3, -0.25) is 9.59 Å². The zero-order valence-corrected chi connectivity index (χ0v) is 12.2. The first kappa shape index (κ1) is 15.1. The third-order valence-electron chi connectivity index (χ3n) is 2.76. The number of carbonyl (C=O) groups is 2. The highest BCUT2D eigenvalue weighted by molar-refractivity contribution is 7.10. The fraction of sp³-hybridized carbons (Fsp3) is 0.200. The number of hydrogen-bond acceptors (Lipinski definition) is 4. The van der Waals surface area contributed by atoms with E-state index in [1.165, 1.54) is 23.5 Å². The molecule has 0 spiro atoms.